The average Bonchev–Trinajstić information content (AvgIpc) is 2.46. The van der Waals surface area contributed by atoms with E-state index < -0.39 is 0 Å². The van der Waals surface area contributed by atoms with Crippen LogP contribution >= 0.6 is 0 Å². The lowest BCUT2D eigenvalue weighted by Crippen LogP contribution is -1.89. The van der Waals surface area contributed by atoms with E-state index in [4.69, 9.17) is 5.11 Å². The molecule has 0 saturated heterocycles. The third-order valence-corrected chi connectivity index (χ3v) is 3.73. The number of fused-ring (bicyclic) bond motifs is 1. The van der Waals surface area contributed by atoms with Crippen molar-refractivity contribution in [2.45, 2.75) is 44.9 Å². The first-order valence-corrected chi connectivity index (χ1v) is 7.49. The molecule has 2 rings (SSSR count). The van der Waals surface area contributed by atoms with Gasteiger partial charge in [-0.05, 0) is 35.6 Å². The number of aliphatic hydroxyl groups is 1. The zero-order valence-corrected chi connectivity index (χ0v) is 11.6. The highest BCUT2D eigenvalue weighted by Gasteiger charge is 2.00. The predicted molar refractivity (Wildman–Crippen MR) is 82.4 cm³/mol. The van der Waals surface area contributed by atoms with Crippen LogP contribution in [-0.4, -0.2) is 11.7 Å². The summed E-state index contributed by atoms with van der Waals surface area (Å²) < 4.78 is 0. The van der Waals surface area contributed by atoms with Gasteiger partial charge in [-0.2, -0.15) is 0 Å². The van der Waals surface area contributed by atoms with Crippen molar-refractivity contribution in [1.29, 1.82) is 0 Å². The van der Waals surface area contributed by atoms with Gasteiger partial charge in [0, 0.05) is 6.61 Å². The van der Waals surface area contributed by atoms with Crippen molar-refractivity contribution in [3.05, 3.63) is 48.0 Å². The second-order valence-electron chi connectivity index (χ2n) is 5.23. The molecule has 0 bridgehead atoms. The molecule has 0 radical (unpaired) electrons. The Hall–Kier alpha value is -1.34. The molecule has 19 heavy (non-hydrogen) atoms. The zero-order valence-electron chi connectivity index (χ0n) is 11.6. The molecular formula is C18H24O. The first-order chi connectivity index (χ1) is 9.42. The quantitative estimate of drug-likeness (QED) is 0.678. The molecule has 0 fully saturated rings. The summed E-state index contributed by atoms with van der Waals surface area (Å²) >= 11 is 0. The van der Waals surface area contributed by atoms with Gasteiger partial charge in [0.15, 0.2) is 0 Å². The molecule has 1 nitrogen and oxygen atoms in total. The van der Waals surface area contributed by atoms with Crippen LogP contribution in [0.4, 0.5) is 0 Å². The van der Waals surface area contributed by atoms with Crippen LogP contribution in [0.5, 0.6) is 0 Å². The third-order valence-electron chi connectivity index (χ3n) is 3.73. The molecule has 1 N–H and O–H groups in total. The van der Waals surface area contributed by atoms with Crippen molar-refractivity contribution in [1.82, 2.24) is 0 Å². The SMILES string of the molecule is OCCCCCCCCc1cccc2ccccc12. The number of aliphatic hydroxyl groups excluding tert-OH is 1. The molecule has 0 saturated carbocycles. The van der Waals surface area contributed by atoms with Gasteiger partial charge >= 0.3 is 0 Å². The Bertz CT molecular complexity index is 485. The van der Waals surface area contributed by atoms with Crippen molar-refractivity contribution < 1.29 is 5.11 Å². The van der Waals surface area contributed by atoms with E-state index in [1.165, 1.54) is 54.9 Å². The Kier molecular flexibility index (Phi) is 5.90. The van der Waals surface area contributed by atoms with Gasteiger partial charge in [0.25, 0.3) is 0 Å². The summed E-state index contributed by atoms with van der Waals surface area (Å²) in [5.74, 6) is 0. The molecule has 2 aromatic carbocycles. The van der Waals surface area contributed by atoms with Crippen molar-refractivity contribution >= 4 is 10.8 Å². The Morgan fingerprint density at radius 1 is 0.684 bits per heavy atom. The summed E-state index contributed by atoms with van der Waals surface area (Å²) in [5, 5.41) is 11.5. The molecule has 0 aliphatic rings. The standard InChI is InChI=1S/C18H24O/c19-15-8-4-2-1-3-5-10-16-12-9-13-17-11-6-7-14-18(16)17/h6-7,9,11-14,19H,1-5,8,10,15H2. The highest BCUT2D eigenvalue weighted by Crippen LogP contribution is 2.20. The van der Waals surface area contributed by atoms with Crippen molar-refractivity contribution in [3.8, 4) is 0 Å². The normalized spacial score (nSPS) is 11.0. The van der Waals surface area contributed by atoms with Gasteiger partial charge in [-0.15, -0.1) is 0 Å². The second-order valence-corrected chi connectivity index (χ2v) is 5.23. The maximum Gasteiger partial charge on any atom is 0.0431 e. The molecule has 0 atom stereocenters. The smallest absolute Gasteiger partial charge is 0.0431 e. The fourth-order valence-electron chi connectivity index (χ4n) is 2.64. The first kappa shape index (κ1) is 14.1. The fourth-order valence-corrected chi connectivity index (χ4v) is 2.64. The topological polar surface area (TPSA) is 20.2 Å². The van der Waals surface area contributed by atoms with Crippen molar-refractivity contribution in [2.75, 3.05) is 6.61 Å². The lowest BCUT2D eigenvalue weighted by molar-refractivity contribution is 0.282. The van der Waals surface area contributed by atoms with Crippen LogP contribution in [0.1, 0.15) is 44.1 Å². The van der Waals surface area contributed by atoms with Gasteiger partial charge in [-0.1, -0.05) is 68.1 Å². The van der Waals surface area contributed by atoms with Gasteiger partial charge < -0.3 is 5.11 Å². The number of hydrogen-bond acceptors (Lipinski definition) is 1. The average molecular weight is 256 g/mol. The van der Waals surface area contributed by atoms with Crippen LogP contribution in [0.3, 0.4) is 0 Å². The van der Waals surface area contributed by atoms with Crippen LogP contribution in [0.15, 0.2) is 42.5 Å². The van der Waals surface area contributed by atoms with Crippen LogP contribution in [0.25, 0.3) is 10.8 Å². The molecular weight excluding hydrogens is 232 g/mol. The van der Waals surface area contributed by atoms with Crippen LogP contribution in [0.2, 0.25) is 0 Å². The Labute approximate surface area is 116 Å². The Morgan fingerprint density at radius 3 is 2.21 bits per heavy atom. The Morgan fingerprint density at radius 2 is 1.37 bits per heavy atom. The minimum Gasteiger partial charge on any atom is -0.396 e. The highest BCUT2D eigenvalue weighted by atomic mass is 16.2. The van der Waals surface area contributed by atoms with Gasteiger partial charge in [0.2, 0.25) is 0 Å². The lowest BCUT2D eigenvalue weighted by Gasteiger charge is -2.06. The van der Waals surface area contributed by atoms with Crippen LogP contribution < -0.4 is 0 Å². The van der Waals surface area contributed by atoms with E-state index in [-0.39, 0.29) is 0 Å². The molecule has 0 spiro atoms. The molecule has 0 aliphatic carbocycles. The van der Waals surface area contributed by atoms with E-state index in [0.717, 1.165) is 6.42 Å². The summed E-state index contributed by atoms with van der Waals surface area (Å²) in [6, 6.07) is 15.3. The summed E-state index contributed by atoms with van der Waals surface area (Å²) in [4.78, 5) is 0. The monoisotopic (exact) mass is 256 g/mol. The van der Waals surface area contributed by atoms with Gasteiger partial charge in [0.1, 0.15) is 0 Å². The maximum atomic E-state index is 8.72. The minimum absolute atomic E-state index is 0.343. The van der Waals surface area contributed by atoms with Gasteiger partial charge in [0.05, 0.1) is 0 Å². The zero-order chi connectivity index (χ0) is 13.3. The van der Waals surface area contributed by atoms with E-state index in [1.54, 1.807) is 0 Å². The lowest BCUT2D eigenvalue weighted by atomic mass is 9.99. The van der Waals surface area contributed by atoms with E-state index in [2.05, 4.69) is 42.5 Å². The summed E-state index contributed by atoms with van der Waals surface area (Å²) in [6.45, 7) is 0.343. The van der Waals surface area contributed by atoms with E-state index in [0.29, 0.717) is 6.61 Å². The van der Waals surface area contributed by atoms with Crippen LogP contribution in [-0.2, 0) is 6.42 Å². The van der Waals surface area contributed by atoms with E-state index in [9.17, 15) is 0 Å². The fraction of sp³-hybridized carbons (Fsp3) is 0.444. The maximum absolute atomic E-state index is 8.72. The predicted octanol–water partition coefficient (Wildman–Crippen LogP) is 4.72. The summed E-state index contributed by atoms with van der Waals surface area (Å²) in [7, 11) is 0. The molecule has 0 unspecified atom stereocenters. The molecule has 2 aromatic rings. The number of hydrogen-bond donors (Lipinski definition) is 1. The number of aryl methyl sites for hydroxylation is 1. The number of rotatable bonds is 8. The second kappa shape index (κ2) is 7.96. The molecule has 0 aromatic heterocycles. The third kappa shape index (κ3) is 4.36. The Balaban J connectivity index is 1.78. The summed E-state index contributed by atoms with van der Waals surface area (Å²) in [6.07, 6.45) is 8.44. The van der Waals surface area contributed by atoms with Crippen LogP contribution in [0, 0.1) is 0 Å². The van der Waals surface area contributed by atoms with E-state index in [1.807, 2.05) is 0 Å². The molecule has 1 heteroatoms. The largest absolute Gasteiger partial charge is 0.396 e. The molecule has 102 valence electrons. The molecule has 0 aliphatic heterocycles. The molecule has 0 amide bonds. The highest BCUT2D eigenvalue weighted by molar-refractivity contribution is 5.85. The van der Waals surface area contributed by atoms with Gasteiger partial charge in [-0.3, -0.25) is 0 Å². The molecule has 0 heterocycles. The minimum atomic E-state index is 0.343. The van der Waals surface area contributed by atoms with Crippen molar-refractivity contribution in [2.24, 2.45) is 0 Å². The van der Waals surface area contributed by atoms with E-state index >= 15 is 0 Å². The number of benzene rings is 2. The summed E-state index contributed by atoms with van der Waals surface area (Å²) in [5.41, 5.74) is 1.48. The number of unbranched alkanes of at least 4 members (excludes halogenated alkanes) is 5. The van der Waals surface area contributed by atoms with Gasteiger partial charge in [-0.25, -0.2) is 0 Å². The van der Waals surface area contributed by atoms with Crippen molar-refractivity contribution in [3.63, 3.8) is 0 Å². The first-order valence-electron chi connectivity index (χ1n) is 7.49.